The van der Waals surface area contributed by atoms with Gasteiger partial charge in [0.15, 0.2) is 11.5 Å². The number of imidazole rings is 1. The Labute approximate surface area is 266 Å². The number of nitrogens with zero attached hydrogens (tertiary/aromatic N) is 7. The number of carboxylic acid groups (broad SMARTS) is 1. The fourth-order valence-electron chi connectivity index (χ4n) is 5.23. The van der Waals surface area contributed by atoms with Crippen LogP contribution in [-0.2, 0) is 16.2 Å². The van der Waals surface area contributed by atoms with Crippen molar-refractivity contribution in [3.05, 3.63) is 72.8 Å². The van der Waals surface area contributed by atoms with Crippen molar-refractivity contribution in [3.8, 4) is 17.1 Å². The first kappa shape index (κ1) is 31.5. The lowest BCUT2D eigenvalue weighted by Gasteiger charge is -2.28. The SMILES string of the molecule is O=C(O)C(F)(F)F.O=C1CN(c2ncc(-c3ccc(N4CCNCC4)nc3)n3cc(COc4ccc5ccccc5n4)nc23)CCN1. The summed E-state index contributed by atoms with van der Waals surface area (Å²) in [5.74, 6) is -0.616. The van der Waals surface area contributed by atoms with E-state index in [1.807, 2.05) is 64.3 Å². The monoisotopic (exact) mass is 649 g/mol. The Kier molecular flexibility index (Phi) is 9.01. The molecule has 2 aliphatic rings. The van der Waals surface area contributed by atoms with Gasteiger partial charge in [0.05, 0.1) is 29.6 Å². The number of amides is 1. The lowest BCUT2D eigenvalue weighted by atomic mass is 10.2. The van der Waals surface area contributed by atoms with E-state index in [-0.39, 0.29) is 19.1 Å². The maximum Gasteiger partial charge on any atom is 0.490 e. The summed E-state index contributed by atoms with van der Waals surface area (Å²) in [6.45, 7) is 5.50. The number of para-hydroxylation sites is 1. The van der Waals surface area contributed by atoms with E-state index in [4.69, 9.17) is 29.6 Å². The Bertz CT molecular complexity index is 1890. The quantitative estimate of drug-likeness (QED) is 0.249. The zero-order valence-electron chi connectivity index (χ0n) is 24.9. The topological polar surface area (TPSA) is 150 Å². The zero-order chi connectivity index (χ0) is 33.0. The van der Waals surface area contributed by atoms with Crippen LogP contribution in [0.1, 0.15) is 5.69 Å². The molecule has 1 amide bonds. The number of fused-ring (bicyclic) bond motifs is 2. The number of nitrogens with one attached hydrogen (secondary N) is 2. The van der Waals surface area contributed by atoms with Gasteiger partial charge in [-0.2, -0.15) is 13.2 Å². The highest BCUT2D eigenvalue weighted by molar-refractivity contribution is 5.84. The van der Waals surface area contributed by atoms with Gasteiger partial charge >= 0.3 is 12.1 Å². The van der Waals surface area contributed by atoms with Gasteiger partial charge in [-0.1, -0.05) is 18.2 Å². The van der Waals surface area contributed by atoms with E-state index in [0.717, 1.165) is 59.9 Å². The van der Waals surface area contributed by atoms with E-state index in [9.17, 15) is 18.0 Å². The average molecular weight is 650 g/mol. The molecular weight excluding hydrogens is 619 g/mol. The second-order valence-electron chi connectivity index (χ2n) is 10.7. The molecule has 3 N–H and O–H groups in total. The summed E-state index contributed by atoms with van der Waals surface area (Å²) in [6.07, 6.45) is 0.593. The minimum absolute atomic E-state index is 0.0273. The molecule has 0 spiro atoms. The number of alkyl halides is 3. The molecule has 2 saturated heterocycles. The number of hydrogen-bond acceptors (Lipinski definition) is 10. The molecule has 5 aromatic rings. The van der Waals surface area contributed by atoms with E-state index >= 15 is 0 Å². The third-order valence-electron chi connectivity index (χ3n) is 7.53. The number of carbonyl (C=O) groups excluding carboxylic acids is 1. The molecule has 0 aliphatic carbocycles. The van der Waals surface area contributed by atoms with E-state index in [2.05, 4.69) is 32.7 Å². The van der Waals surface area contributed by atoms with Crippen LogP contribution in [0.2, 0.25) is 0 Å². The van der Waals surface area contributed by atoms with Crippen molar-refractivity contribution in [2.24, 2.45) is 0 Å². The molecule has 244 valence electrons. The van der Waals surface area contributed by atoms with Gasteiger partial charge in [-0.05, 0) is 24.3 Å². The summed E-state index contributed by atoms with van der Waals surface area (Å²) in [5.41, 5.74) is 4.08. The van der Waals surface area contributed by atoms with Crippen molar-refractivity contribution in [1.29, 1.82) is 0 Å². The summed E-state index contributed by atoms with van der Waals surface area (Å²) in [7, 11) is 0. The van der Waals surface area contributed by atoms with Crippen molar-refractivity contribution in [1.82, 2.24) is 35.0 Å². The van der Waals surface area contributed by atoms with Gasteiger partial charge in [-0.25, -0.2) is 24.7 Å². The largest absolute Gasteiger partial charge is 0.490 e. The summed E-state index contributed by atoms with van der Waals surface area (Å²) in [4.78, 5) is 44.3. The maximum absolute atomic E-state index is 12.1. The molecule has 7 rings (SSSR count). The van der Waals surface area contributed by atoms with Gasteiger partial charge in [-0.3, -0.25) is 9.20 Å². The van der Waals surface area contributed by atoms with Crippen LogP contribution in [-0.4, -0.2) is 93.3 Å². The Morgan fingerprint density at radius 2 is 1.70 bits per heavy atom. The van der Waals surface area contributed by atoms with Crippen LogP contribution in [0.5, 0.6) is 5.88 Å². The number of aliphatic carboxylic acids is 1. The van der Waals surface area contributed by atoms with E-state index in [1.54, 1.807) is 0 Å². The summed E-state index contributed by atoms with van der Waals surface area (Å²) in [6, 6.07) is 15.9. The molecule has 2 fully saturated rings. The number of piperazine rings is 2. The van der Waals surface area contributed by atoms with Gasteiger partial charge in [0.1, 0.15) is 12.4 Å². The molecule has 0 radical (unpaired) electrons. The van der Waals surface area contributed by atoms with Crippen molar-refractivity contribution in [2.45, 2.75) is 12.8 Å². The number of carboxylic acids is 1. The highest BCUT2D eigenvalue weighted by Crippen LogP contribution is 2.28. The van der Waals surface area contributed by atoms with Crippen LogP contribution in [0.3, 0.4) is 0 Å². The predicted octanol–water partition coefficient (Wildman–Crippen LogP) is 2.90. The predicted molar refractivity (Wildman–Crippen MR) is 166 cm³/mol. The number of aromatic nitrogens is 5. The van der Waals surface area contributed by atoms with Crippen molar-refractivity contribution < 1.29 is 32.6 Å². The molecule has 1 aromatic carbocycles. The molecule has 0 atom stereocenters. The number of rotatable bonds is 6. The first-order chi connectivity index (χ1) is 22.7. The Morgan fingerprint density at radius 1 is 0.936 bits per heavy atom. The number of carbonyl (C=O) groups is 2. The third kappa shape index (κ3) is 7.33. The Balaban J connectivity index is 0.000000499. The van der Waals surface area contributed by atoms with Crippen LogP contribution >= 0.6 is 0 Å². The second kappa shape index (κ2) is 13.5. The number of halogens is 3. The van der Waals surface area contributed by atoms with Gasteiger partial charge < -0.3 is 30.3 Å². The fourth-order valence-corrected chi connectivity index (χ4v) is 5.23. The van der Waals surface area contributed by atoms with E-state index < -0.39 is 12.1 Å². The molecule has 47 heavy (non-hydrogen) atoms. The second-order valence-corrected chi connectivity index (χ2v) is 10.7. The molecule has 6 heterocycles. The normalized spacial score (nSPS) is 15.3. The molecule has 4 aromatic heterocycles. The van der Waals surface area contributed by atoms with Crippen LogP contribution in [0.4, 0.5) is 24.8 Å². The number of anilines is 2. The number of pyridine rings is 2. The molecule has 16 heteroatoms. The third-order valence-corrected chi connectivity index (χ3v) is 7.53. The smallest absolute Gasteiger partial charge is 0.475 e. The van der Waals surface area contributed by atoms with Crippen molar-refractivity contribution >= 4 is 40.1 Å². The molecule has 0 bridgehead atoms. The summed E-state index contributed by atoms with van der Waals surface area (Å²) in [5, 5.41) is 14.4. The van der Waals surface area contributed by atoms with Crippen molar-refractivity contribution in [2.75, 3.05) is 55.6 Å². The van der Waals surface area contributed by atoms with Gasteiger partial charge in [0, 0.05) is 68.7 Å². The van der Waals surface area contributed by atoms with Gasteiger partial charge in [0.2, 0.25) is 11.8 Å². The highest BCUT2D eigenvalue weighted by Gasteiger charge is 2.38. The standard InChI is InChI=1S/C29H29N9O2.C2HF3O2/c39-26-18-37(14-11-31-26)28-29-34-22(19-40-27-8-6-20-3-1-2-4-23(20)35-27)17-38(29)24(16-33-28)21-5-7-25(32-15-21)36-12-9-30-10-13-36;3-2(4,5)1(6)7/h1-8,15-17,30H,9-14,18-19H2,(H,31,39);(H,6,7). The fraction of sp³-hybridized carbons (Fsp3) is 0.290. The van der Waals surface area contributed by atoms with E-state index in [1.165, 1.54) is 0 Å². The minimum Gasteiger partial charge on any atom is -0.475 e. The van der Waals surface area contributed by atoms with Crippen LogP contribution in [0, 0.1) is 0 Å². The summed E-state index contributed by atoms with van der Waals surface area (Å²) >= 11 is 0. The van der Waals surface area contributed by atoms with Crippen LogP contribution < -0.4 is 25.2 Å². The maximum atomic E-state index is 12.1. The number of benzene rings is 1. The van der Waals surface area contributed by atoms with Gasteiger partial charge in [0.25, 0.3) is 0 Å². The molecule has 13 nitrogen and oxygen atoms in total. The molecule has 0 saturated carbocycles. The highest BCUT2D eigenvalue weighted by atomic mass is 19.4. The van der Waals surface area contributed by atoms with Crippen LogP contribution in [0.25, 0.3) is 27.8 Å². The van der Waals surface area contributed by atoms with Crippen molar-refractivity contribution in [3.63, 3.8) is 0 Å². The van der Waals surface area contributed by atoms with Crippen LogP contribution in [0.15, 0.2) is 67.1 Å². The Morgan fingerprint density at radius 3 is 2.43 bits per heavy atom. The molecular formula is C31H30F3N9O4. The summed E-state index contributed by atoms with van der Waals surface area (Å²) < 4.78 is 39.8. The lowest BCUT2D eigenvalue weighted by molar-refractivity contribution is -0.192. The van der Waals surface area contributed by atoms with Gasteiger partial charge in [-0.15, -0.1) is 0 Å². The lowest BCUT2D eigenvalue weighted by Crippen LogP contribution is -2.48. The first-order valence-corrected chi connectivity index (χ1v) is 14.7. The molecule has 0 unspecified atom stereocenters. The minimum atomic E-state index is -5.08. The first-order valence-electron chi connectivity index (χ1n) is 14.7. The average Bonchev–Trinajstić information content (AvgIpc) is 3.51. The molecule has 2 aliphatic heterocycles. The Hall–Kier alpha value is -5.51. The number of ether oxygens (including phenoxy) is 1. The number of hydrogen-bond donors (Lipinski definition) is 3. The van der Waals surface area contributed by atoms with E-state index in [0.29, 0.717) is 30.4 Å². The zero-order valence-corrected chi connectivity index (χ0v) is 24.9.